The van der Waals surface area contributed by atoms with Gasteiger partial charge in [0.2, 0.25) is 5.75 Å². The van der Waals surface area contributed by atoms with E-state index in [2.05, 4.69) is 9.80 Å². The Hall–Kier alpha value is -2.84. The molecule has 0 spiro atoms. The van der Waals surface area contributed by atoms with Crippen LogP contribution in [0.4, 0.5) is 0 Å². The van der Waals surface area contributed by atoms with Crippen molar-refractivity contribution in [3.05, 3.63) is 35.4 Å². The second-order valence-electron chi connectivity index (χ2n) is 7.42. The van der Waals surface area contributed by atoms with Crippen LogP contribution in [-0.2, 0) is 13.1 Å². The van der Waals surface area contributed by atoms with Crippen LogP contribution in [0.2, 0.25) is 0 Å². The van der Waals surface area contributed by atoms with Crippen LogP contribution in [0.5, 0.6) is 34.5 Å². The fourth-order valence-electron chi connectivity index (χ4n) is 3.86. The number of benzene rings is 2. The molecule has 1 saturated heterocycles. The number of hydrogen-bond acceptors (Lipinski definition) is 8. The Morgan fingerprint density at radius 3 is 1.55 bits per heavy atom. The molecule has 1 aliphatic rings. The first-order valence-corrected chi connectivity index (χ1v) is 10.2. The number of ether oxygens (including phenoxy) is 5. The van der Waals surface area contributed by atoms with Crippen molar-refractivity contribution >= 4 is 0 Å². The number of hydrogen-bond donors (Lipinski definition) is 1. The molecule has 0 aliphatic carbocycles. The van der Waals surface area contributed by atoms with Gasteiger partial charge in [0.1, 0.15) is 5.75 Å². The maximum absolute atomic E-state index is 10.1. The van der Waals surface area contributed by atoms with Gasteiger partial charge >= 0.3 is 0 Å². The summed E-state index contributed by atoms with van der Waals surface area (Å²) in [5.74, 6) is 3.03. The van der Waals surface area contributed by atoms with Crippen LogP contribution in [0.3, 0.4) is 0 Å². The topological polar surface area (TPSA) is 72.9 Å². The van der Waals surface area contributed by atoms with E-state index in [0.29, 0.717) is 23.0 Å². The Bertz CT molecular complexity index is 856. The maximum atomic E-state index is 10.1. The van der Waals surface area contributed by atoms with Crippen LogP contribution in [0, 0.1) is 0 Å². The molecule has 0 aromatic heterocycles. The molecule has 0 bridgehead atoms. The second kappa shape index (κ2) is 10.5. The first kappa shape index (κ1) is 22.8. The summed E-state index contributed by atoms with van der Waals surface area (Å²) in [6.45, 7) is 5.27. The van der Waals surface area contributed by atoms with Gasteiger partial charge in [0, 0.05) is 50.9 Å². The highest BCUT2D eigenvalue weighted by molar-refractivity contribution is 5.53. The van der Waals surface area contributed by atoms with Gasteiger partial charge in [0.05, 0.1) is 35.5 Å². The van der Waals surface area contributed by atoms with E-state index in [1.807, 2.05) is 24.3 Å². The molecule has 3 rings (SSSR count). The van der Waals surface area contributed by atoms with Gasteiger partial charge in [-0.1, -0.05) is 0 Å². The summed E-state index contributed by atoms with van der Waals surface area (Å²) in [5, 5.41) is 10.1. The molecule has 0 amide bonds. The lowest BCUT2D eigenvalue weighted by atomic mass is 10.1. The Balaban J connectivity index is 1.63. The molecule has 1 N–H and O–H groups in total. The van der Waals surface area contributed by atoms with Crippen LogP contribution in [0.15, 0.2) is 24.3 Å². The summed E-state index contributed by atoms with van der Waals surface area (Å²) in [6, 6.07) is 7.58. The highest BCUT2D eigenvalue weighted by atomic mass is 16.5. The van der Waals surface area contributed by atoms with Gasteiger partial charge in [0.15, 0.2) is 23.0 Å². The van der Waals surface area contributed by atoms with Crippen LogP contribution in [0.25, 0.3) is 0 Å². The number of nitrogens with zero attached hydrogens (tertiary/aromatic N) is 2. The van der Waals surface area contributed by atoms with Crippen molar-refractivity contribution in [1.29, 1.82) is 0 Å². The number of piperazine rings is 1. The molecule has 1 heterocycles. The van der Waals surface area contributed by atoms with E-state index in [-0.39, 0.29) is 5.75 Å². The predicted octanol–water partition coefficient (Wildman–Crippen LogP) is 2.75. The summed E-state index contributed by atoms with van der Waals surface area (Å²) in [6.07, 6.45) is 0. The fourth-order valence-corrected chi connectivity index (χ4v) is 3.86. The molecule has 170 valence electrons. The minimum absolute atomic E-state index is 0.0300. The minimum Gasteiger partial charge on any atom is -0.502 e. The summed E-state index contributed by atoms with van der Waals surface area (Å²) < 4.78 is 26.9. The van der Waals surface area contributed by atoms with E-state index >= 15 is 0 Å². The maximum Gasteiger partial charge on any atom is 0.200 e. The predicted molar refractivity (Wildman–Crippen MR) is 118 cm³/mol. The summed E-state index contributed by atoms with van der Waals surface area (Å²) in [4.78, 5) is 4.78. The molecule has 2 aromatic rings. The zero-order chi connectivity index (χ0) is 22.4. The Morgan fingerprint density at radius 2 is 1.06 bits per heavy atom. The number of phenols is 1. The van der Waals surface area contributed by atoms with Gasteiger partial charge in [-0.15, -0.1) is 0 Å². The van der Waals surface area contributed by atoms with Crippen molar-refractivity contribution in [2.24, 2.45) is 0 Å². The average molecular weight is 433 g/mol. The molecule has 1 aliphatic heterocycles. The van der Waals surface area contributed by atoms with E-state index in [0.717, 1.165) is 56.1 Å². The third-order valence-corrected chi connectivity index (χ3v) is 5.59. The first-order valence-electron chi connectivity index (χ1n) is 10.2. The standard InChI is InChI=1S/C23H32N2O6/c1-27-18-13-20(29-3)19(28-2)12-17(18)15-25-8-6-24(7-9-25)14-16-10-21(30-4)23(26)22(11-16)31-5/h10-13,26H,6-9,14-15H2,1-5H3. The average Bonchev–Trinajstić information content (AvgIpc) is 2.80. The monoisotopic (exact) mass is 432 g/mol. The molecule has 2 aromatic carbocycles. The second-order valence-corrected chi connectivity index (χ2v) is 7.42. The van der Waals surface area contributed by atoms with Crippen molar-refractivity contribution in [1.82, 2.24) is 9.80 Å². The highest BCUT2D eigenvalue weighted by Gasteiger charge is 2.21. The van der Waals surface area contributed by atoms with Crippen molar-refractivity contribution in [3.8, 4) is 34.5 Å². The minimum atomic E-state index is 0.0300. The molecule has 0 radical (unpaired) electrons. The molecular weight excluding hydrogens is 400 g/mol. The molecule has 1 fully saturated rings. The molecule has 8 heteroatoms. The Kier molecular flexibility index (Phi) is 7.70. The smallest absolute Gasteiger partial charge is 0.200 e. The molecule has 0 atom stereocenters. The van der Waals surface area contributed by atoms with E-state index in [1.165, 1.54) is 0 Å². The number of rotatable bonds is 9. The van der Waals surface area contributed by atoms with E-state index in [9.17, 15) is 5.11 Å². The largest absolute Gasteiger partial charge is 0.502 e. The first-order chi connectivity index (χ1) is 15.0. The van der Waals surface area contributed by atoms with Crippen molar-refractivity contribution in [2.75, 3.05) is 61.7 Å². The van der Waals surface area contributed by atoms with E-state index in [4.69, 9.17) is 23.7 Å². The Morgan fingerprint density at radius 1 is 0.613 bits per heavy atom. The third-order valence-electron chi connectivity index (χ3n) is 5.59. The van der Waals surface area contributed by atoms with Crippen molar-refractivity contribution < 1.29 is 28.8 Å². The lowest BCUT2D eigenvalue weighted by molar-refractivity contribution is 0.121. The lowest BCUT2D eigenvalue weighted by Crippen LogP contribution is -2.45. The molecule has 8 nitrogen and oxygen atoms in total. The van der Waals surface area contributed by atoms with Crippen LogP contribution >= 0.6 is 0 Å². The van der Waals surface area contributed by atoms with Gasteiger partial charge < -0.3 is 28.8 Å². The van der Waals surface area contributed by atoms with Crippen molar-refractivity contribution in [3.63, 3.8) is 0 Å². The summed E-state index contributed by atoms with van der Waals surface area (Å²) in [7, 11) is 8.01. The van der Waals surface area contributed by atoms with Crippen molar-refractivity contribution in [2.45, 2.75) is 13.1 Å². The van der Waals surface area contributed by atoms with Gasteiger partial charge in [-0.2, -0.15) is 0 Å². The summed E-state index contributed by atoms with van der Waals surface area (Å²) >= 11 is 0. The summed E-state index contributed by atoms with van der Waals surface area (Å²) in [5.41, 5.74) is 2.11. The number of phenolic OH excluding ortho intramolecular Hbond substituents is 1. The molecular formula is C23H32N2O6. The lowest BCUT2D eigenvalue weighted by Gasteiger charge is -2.35. The normalized spacial score (nSPS) is 14.9. The van der Waals surface area contributed by atoms with Gasteiger partial charge in [0.25, 0.3) is 0 Å². The van der Waals surface area contributed by atoms with Gasteiger partial charge in [-0.05, 0) is 23.8 Å². The SMILES string of the molecule is COc1cc(OC)c(OC)cc1CN1CCN(Cc2cc(OC)c(O)c(OC)c2)CC1. The number of methoxy groups -OCH3 is 5. The van der Waals surface area contributed by atoms with Crippen LogP contribution < -0.4 is 23.7 Å². The zero-order valence-corrected chi connectivity index (χ0v) is 18.9. The van der Waals surface area contributed by atoms with E-state index < -0.39 is 0 Å². The quantitative estimate of drug-likeness (QED) is 0.649. The molecule has 31 heavy (non-hydrogen) atoms. The Labute approximate surface area is 183 Å². The fraction of sp³-hybridized carbons (Fsp3) is 0.478. The molecule has 0 unspecified atom stereocenters. The molecule has 0 saturated carbocycles. The van der Waals surface area contributed by atoms with Gasteiger partial charge in [-0.3, -0.25) is 9.80 Å². The van der Waals surface area contributed by atoms with E-state index in [1.54, 1.807) is 35.5 Å². The highest BCUT2D eigenvalue weighted by Crippen LogP contribution is 2.38. The van der Waals surface area contributed by atoms with Gasteiger partial charge in [-0.25, -0.2) is 0 Å². The number of aromatic hydroxyl groups is 1. The van der Waals surface area contributed by atoms with Crippen LogP contribution in [-0.4, -0.2) is 76.6 Å². The third kappa shape index (κ3) is 5.26. The zero-order valence-electron chi connectivity index (χ0n) is 18.9. The van der Waals surface area contributed by atoms with Crippen LogP contribution in [0.1, 0.15) is 11.1 Å².